The number of hydrogen-bond donors (Lipinski definition) is 1. The normalized spacial score (nSPS) is 17.4. The van der Waals surface area contributed by atoms with E-state index in [9.17, 15) is 14.7 Å². The van der Waals surface area contributed by atoms with Gasteiger partial charge in [-0.05, 0) is 26.0 Å². The van der Waals surface area contributed by atoms with E-state index in [4.69, 9.17) is 4.74 Å². The fourth-order valence-corrected chi connectivity index (χ4v) is 2.51. The van der Waals surface area contributed by atoms with Crippen LogP contribution in [0.2, 0.25) is 0 Å². The number of hydrogen-bond acceptors (Lipinski definition) is 4. The molecule has 5 nitrogen and oxygen atoms in total. The molecule has 114 valence electrons. The first-order chi connectivity index (χ1) is 9.96. The number of likely N-dealkylation sites (tertiary alicyclic amines) is 1. The average molecular weight is 291 g/mol. The number of esters is 1. The van der Waals surface area contributed by atoms with E-state index in [1.165, 1.54) is 0 Å². The van der Waals surface area contributed by atoms with Crippen LogP contribution >= 0.6 is 0 Å². The predicted molar refractivity (Wildman–Crippen MR) is 77.9 cm³/mol. The number of benzene rings is 1. The Morgan fingerprint density at radius 2 is 2.00 bits per heavy atom. The second kappa shape index (κ2) is 6.26. The summed E-state index contributed by atoms with van der Waals surface area (Å²) in [6.07, 6.45) is 0.423. The molecule has 21 heavy (non-hydrogen) atoms. The number of amides is 1. The molecule has 1 N–H and O–H groups in total. The summed E-state index contributed by atoms with van der Waals surface area (Å²) in [5, 5.41) is 10.3. The number of rotatable bonds is 3. The molecule has 1 heterocycles. The summed E-state index contributed by atoms with van der Waals surface area (Å²) in [6.45, 7) is 4.58. The van der Waals surface area contributed by atoms with Crippen LogP contribution in [0.1, 0.15) is 35.7 Å². The molecule has 1 amide bonds. The lowest BCUT2D eigenvalue weighted by atomic mass is 9.91. The van der Waals surface area contributed by atoms with Gasteiger partial charge in [-0.15, -0.1) is 0 Å². The Kier molecular flexibility index (Phi) is 4.63. The number of carbonyl (C=O) groups excluding carboxylic acids is 2. The van der Waals surface area contributed by atoms with Crippen LogP contribution in [0.5, 0.6) is 0 Å². The van der Waals surface area contributed by atoms with E-state index >= 15 is 0 Å². The van der Waals surface area contributed by atoms with Gasteiger partial charge >= 0.3 is 5.97 Å². The zero-order chi connectivity index (χ0) is 15.5. The van der Waals surface area contributed by atoms with Crippen molar-refractivity contribution in [2.24, 2.45) is 0 Å². The van der Waals surface area contributed by atoms with Gasteiger partial charge in [-0.3, -0.25) is 4.79 Å². The highest BCUT2D eigenvalue weighted by Crippen LogP contribution is 2.25. The van der Waals surface area contributed by atoms with Crippen molar-refractivity contribution in [3.8, 4) is 0 Å². The van der Waals surface area contributed by atoms with Crippen molar-refractivity contribution in [1.82, 2.24) is 4.90 Å². The minimum atomic E-state index is -1.46. The Morgan fingerprint density at radius 3 is 2.57 bits per heavy atom. The molecule has 1 fully saturated rings. The van der Waals surface area contributed by atoms with Gasteiger partial charge in [0.05, 0.1) is 6.61 Å². The summed E-state index contributed by atoms with van der Waals surface area (Å²) < 4.78 is 4.89. The number of nitrogens with zero attached hydrogens (tertiary/aromatic N) is 1. The molecular weight excluding hydrogens is 270 g/mol. The largest absolute Gasteiger partial charge is 0.464 e. The predicted octanol–water partition coefficient (Wildman–Crippen LogP) is 1.53. The van der Waals surface area contributed by atoms with Crippen molar-refractivity contribution < 1.29 is 19.4 Å². The second-order valence-corrected chi connectivity index (χ2v) is 5.41. The van der Waals surface area contributed by atoms with Crippen LogP contribution in [0.25, 0.3) is 0 Å². The van der Waals surface area contributed by atoms with Crippen LogP contribution < -0.4 is 0 Å². The minimum absolute atomic E-state index is 0.0652. The van der Waals surface area contributed by atoms with Crippen molar-refractivity contribution in [3.63, 3.8) is 0 Å². The first kappa shape index (κ1) is 15.5. The molecule has 0 aromatic heterocycles. The maximum Gasteiger partial charge on any atom is 0.338 e. The van der Waals surface area contributed by atoms with Gasteiger partial charge in [0.25, 0.3) is 5.91 Å². The Morgan fingerprint density at radius 1 is 1.33 bits per heavy atom. The van der Waals surface area contributed by atoms with E-state index in [-0.39, 0.29) is 25.4 Å². The van der Waals surface area contributed by atoms with Crippen LogP contribution in [-0.4, -0.2) is 47.2 Å². The van der Waals surface area contributed by atoms with Crippen molar-refractivity contribution in [3.05, 3.63) is 35.4 Å². The maximum absolute atomic E-state index is 12.4. The molecule has 0 radical (unpaired) electrons. The summed E-state index contributed by atoms with van der Waals surface area (Å²) in [7, 11) is 0. The van der Waals surface area contributed by atoms with Gasteiger partial charge in [-0.1, -0.05) is 17.7 Å². The number of carbonyl (C=O) groups is 2. The zero-order valence-electron chi connectivity index (χ0n) is 12.5. The number of aliphatic hydroxyl groups is 1. The molecule has 1 aliphatic rings. The van der Waals surface area contributed by atoms with Crippen LogP contribution in [-0.2, 0) is 9.53 Å². The fourth-order valence-electron chi connectivity index (χ4n) is 2.51. The van der Waals surface area contributed by atoms with Gasteiger partial charge in [-0.2, -0.15) is 0 Å². The molecule has 0 bridgehead atoms. The first-order valence-electron chi connectivity index (χ1n) is 7.22. The molecule has 2 rings (SSSR count). The van der Waals surface area contributed by atoms with Gasteiger partial charge in [0.2, 0.25) is 0 Å². The van der Waals surface area contributed by atoms with E-state index in [0.29, 0.717) is 18.7 Å². The molecule has 1 aromatic carbocycles. The number of ether oxygens (including phenoxy) is 1. The SMILES string of the molecule is CCOC(=O)C1(O)CCN(C(=O)c2cccc(C)c2)CC1. The smallest absolute Gasteiger partial charge is 0.338 e. The lowest BCUT2D eigenvalue weighted by molar-refractivity contribution is -0.169. The number of aryl methyl sites for hydroxylation is 1. The van der Waals surface area contributed by atoms with E-state index in [1.807, 2.05) is 25.1 Å². The topological polar surface area (TPSA) is 66.8 Å². The molecule has 5 heteroatoms. The Labute approximate surface area is 124 Å². The van der Waals surface area contributed by atoms with Gasteiger partial charge in [-0.25, -0.2) is 4.79 Å². The fraction of sp³-hybridized carbons (Fsp3) is 0.500. The van der Waals surface area contributed by atoms with Gasteiger partial charge in [0, 0.05) is 31.5 Å². The zero-order valence-corrected chi connectivity index (χ0v) is 12.5. The molecule has 1 saturated heterocycles. The van der Waals surface area contributed by atoms with E-state index in [2.05, 4.69) is 0 Å². The van der Waals surface area contributed by atoms with E-state index in [0.717, 1.165) is 5.56 Å². The quantitative estimate of drug-likeness (QED) is 0.858. The van der Waals surface area contributed by atoms with Crippen LogP contribution in [0, 0.1) is 6.92 Å². The summed E-state index contributed by atoms with van der Waals surface area (Å²) in [5.74, 6) is -0.655. The molecule has 0 aliphatic carbocycles. The summed E-state index contributed by atoms with van der Waals surface area (Å²) >= 11 is 0. The summed E-state index contributed by atoms with van der Waals surface area (Å²) in [5.41, 5.74) is 0.205. The summed E-state index contributed by atoms with van der Waals surface area (Å²) in [4.78, 5) is 25.8. The average Bonchev–Trinajstić information content (AvgIpc) is 2.47. The molecule has 0 saturated carbocycles. The third-order valence-corrected chi connectivity index (χ3v) is 3.80. The third kappa shape index (κ3) is 3.42. The van der Waals surface area contributed by atoms with Gasteiger partial charge < -0.3 is 14.7 Å². The van der Waals surface area contributed by atoms with Crippen molar-refractivity contribution in [1.29, 1.82) is 0 Å². The Hall–Kier alpha value is -1.88. The molecule has 1 aliphatic heterocycles. The van der Waals surface area contributed by atoms with E-state index in [1.54, 1.807) is 17.9 Å². The van der Waals surface area contributed by atoms with Crippen LogP contribution in [0.4, 0.5) is 0 Å². The standard InChI is InChI=1S/C16H21NO4/c1-3-21-15(19)16(20)7-9-17(10-8-16)14(18)13-6-4-5-12(2)11-13/h4-6,11,20H,3,7-10H2,1-2H3. The third-order valence-electron chi connectivity index (χ3n) is 3.80. The molecular formula is C16H21NO4. The molecule has 0 unspecified atom stereocenters. The monoisotopic (exact) mass is 291 g/mol. The van der Waals surface area contributed by atoms with Gasteiger partial charge in [0.1, 0.15) is 0 Å². The van der Waals surface area contributed by atoms with Crippen LogP contribution in [0.15, 0.2) is 24.3 Å². The van der Waals surface area contributed by atoms with Crippen molar-refractivity contribution >= 4 is 11.9 Å². The molecule has 0 atom stereocenters. The van der Waals surface area contributed by atoms with Crippen LogP contribution in [0.3, 0.4) is 0 Å². The summed E-state index contributed by atoms with van der Waals surface area (Å²) in [6, 6.07) is 7.41. The van der Waals surface area contributed by atoms with Crippen molar-refractivity contribution in [2.45, 2.75) is 32.3 Å². The maximum atomic E-state index is 12.4. The first-order valence-corrected chi connectivity index (χ1v) is 7.22. The van der Waals surface area contributed by atoms with Gasteiger partial charge in [0.15, 0.2) is 5.60 Å². The lowest BCUT2D eigenvalue weighted by Gasteiger charge is -2.36. The number of piperidine rings is 1. The second-order valence-electron chi connectivity index (χ2n) is 5.41. The highest BCUT2D eigenvalue weighted by Gasteiger charge is 2.41. The van der Waals surface area contributed by atoms with E-state index < -0.39 is 11.6 Å². The highest BCUT2D eigenvalue weighted by molar-refractivity contribution is 5.94. The lowest BCUT2D eigenvalue weighted by Crippen LogP contribution is -2.51. The Balaban J connectivity index is 2.01. The Bertz CT molecular complexity index is 533. The molecule has 1 aromatic rings. The molecule has 0 spiro atoms. The van der Waals surface area contributed by atoms with Crippen molar-refractivity contribution in [2.75, 3.05) is 19.7 Å². The highest BCUT2D eigenvalue weighted by atomic mass is 16.5. The minimum Gasteiger partial charge on any atom is -0.464 e.